The smallest absolute Gasteiger partial charge is 0.368 e. The molecule has 0 saturated carbocycles. The van der Waals surface area contributed by atoms with Gasteiger partial charge in [-0.25, -0.2) is 9.18 Å². The molecule has 0 atom stereocenters. The number of aromatic nitrogens is 4. The van der Waals surface area contributed by atoms with Crippen molar-refractivity contribution < 1.29 is 9.13 Å². The molecule has 112 valence electrons. The zero-order valence-electron chi connectivity index (χ0n) is 11.8. The number of hydrogen-bond donors (Lipinski definition) is 0. The Bertz CT molecular complexity index is 842. The number of nitrogens with zero attached hydrogens (tertiary/aromatic N) is 4. The molecule has 0 aliphatic carbocycles. The molecule has 3 rings (SSSR count). The van der Waals surface area contributed by atoms with Gasteiger partial charge in [-0.05, 0) is 40.3 Å². The van der Waals surface area contributed by atoms with E-state index in [1.807, 2.05) is 6.07 Å². The molecule has 22 heavy (non-hydrogen) atoms. The van der Waals surface area contributed by atoms with Gasteiger partial charge in [0.15, 0.2) is 11.6 Å². The highest BCUT2D eigenvalue weighted by Gasteiger charge is 2.10. The standard InChI is InChI=1S/C15H13FN4O2/c1-22-14-8-7-11(9-13(14)16)10-19-15(21)20(18-17-19)12-5-3-2-4-6-12/h2-9H,10H2,1H3. The molecule has 2 aromatic carbocycles. The zero-order chi connectivity index (χ0) is 15.5. The van der Waals surface area contributed by atoms with Gasteiger partial charge in [0.05, 0.1) is 19.3 Å². The zero-order valence-corrected chi connectivity index (χ0v) is 11.8. The van der Waals surface area contributed by atoms with E-state index in [-0.39, 0.29) is 18.0 Å². The second-order valence-electron chi connectivity index (χ2n) is 4.64. The molecule has 7 heteroatoms. The topological polar surface area (TPSA) is 61.9 Å². The Labute approximate surface area is 125 Å². The molecule has 0 amide bonds. The molecular weight excluding hydrogens is 287 g/mol. The van der Waals surface area contributed by atoms with Gasteiger partial charge in [0.25, 0.3) is 0 Å². The minimum Gasteiger partial charge on any atom is -0.494 e. The van der Waals surface area contributed by atoms with Crippen molar-refractivity contribution in [3.8, 4) is 11.4 Å². The van der Waals surface area contributed by atoms with Gasteiger partial charge in [-0.3, -0.25) is 0 Å². The summed E-state index contributed by atoms with van der Waals surface area (Å²) in [5.41, 5.74) is 0.836. The van der Waals surface area contributed by atoms with E-state index in [0.29, 0.717) is 11.3 Å². The van der Waals surface area contributed by atoms with E-state index in [1.54, 1.807) is 30.3 Å². The maximum Gasteiger partial charge on any atom is 0.368 e. The number of para-hydroxylation sites is 1. The van der Waals surface area contributed by atoms with Gasteiger partial charge in [0.1, 0.15) is 0 Å². The molecule has 0 bridgehead atoms. The lowest BCUT2D eigenvalue weighted by atomic mass is 10.2. The molecule has 0 N–H and O–H groups in total. The van der Waals surface area contributed by atoms with Gasteiger partial charge in [0.2, 0.25) is 0 Å². The maximum absolute atomic E-state index is 13.7. The van der Waals surface area contributed by atoms with Crippen LogP contribution in [-0.2, 0) is 6.54 Å². The van der Waals surface area contributed by atoms with Crippen molar-refractivity contribution in [3.05, 3.63) is 70.4 Å². The summed E-state index contributed by atoms with van der Waals surface area (Å²) in [4.78, 5) is 12.3. The lowest BCUT2D eigenvalue weighted by molar-refractivity contribution is 0.386. The van der Waals surface area contributed by atoms with Crippen molar-refractivity contribution in [2.75, 3.05) is 7.11 Å². The molecule has 1 heterocycles. The molecule has 1 aromatic heterocycles. The quantitative estimate of drug-likeness (QED) is 0.734. The molecular formula is C15H13FN4O2. The number of halogens is 1. The normalized spacial score (nSPS) is 10.6. The first-order chi connectivity index (χ1) is 10.7. The minimum absolute atomic E-state index is 0.132. The first kappa shape index (κ1) is 14.0. The first-order valence-electron chi connectivity index (χ1n) is 6.59. The minimum atomic E-state index is -0.483. The fourth-order valence-corrected chi connectivity index (χ4v) is 2.09. The van der Waals surface area contributed by atoms with E-state index in [2.05, 4.69) is 10.4 Å². The summed E-state index contributed by atoms with van der Waals surface area (Å²) in [6.45, 7) is 0.132. The summed E-state index contributed by atoms with van der Waals surface area (Å²) in [6, 6.07) is 13.5. The van der Waals surface area contributed by atoms with Crippen molar-refractivity contribution in [1.82, 2.24) is 19.8 Å². The van der Waals surface area contributed by atoms with Crippen molar-refractivity contribution >= 4 is 0 Å². The second-order valence-corrected chi connectivity index (χ2v) is 4.64. The Kier molecular flexibility index (Phi) is 3.69. The van der Waals surface area contributed by atoms with Crippen LogP contribution in [0.15, 0.2) is 53.3 Å². The van der Waals surface area contributed by atoms with Crippen molar-refractivity contribution in [1.29, 1.82) is 0 Å². The summed E-state index contributed by atoms with van der Waals surface area (Å²) in [5.74, 6) is -0.326. The van der Waals surface area contributed by atoms with Crippen LogP contribution in [0.3, 0.4) is 0 Å². The Balaban J connectivity index is 1.90. The van der Waals surface area contributed by atoms with E-state index in [0.717, 1.165) is 0 Å². The van der Waals surface area contributed by atoms with Gasteiger partial charge in [0, 0.05) is 0 Å². The lowest BCUT2D eigenvalue weighted by Crippen LogP contribution is -2.24. The van der Waals surface area contributed by atoms with E-state index < -0.39 is 5.82 Å². The van der Waals surface area contributed by atoms with Crippen LogP contribution in [0.4, 0.5) is 4.39 Å². The van der Waals surface area contributed by atoms with E-state index >= 15 is 0 Å². The van der Waals surface area contributed by atoms with Gasteiger partial charge in [-0.15, -0.1) is 0 Å². The van der Waals surface area contributed by atoms with Gasteiger partial charge < -0.3 is 4.74 Å². The van der Waals surface area contributed by atoms with E-state index in [1.165, 1.54) is 28.6 Å². The van der Waals surface area contributed by atoms with Crippen LogP contribution >= 0.6 is 0 Å². The number of tetrazole rings is 1. The predicted molar refractivity (Wildman–Crippen MR) is 77.7 cm³/mol. The Hall–Kier alpha value is -2.96. The summed E-state index contributed by atoms with van der Waals surface area (Å²) >= 11 is 0. The lowest BCUT2D eigenvalue weighted by Gasteiger charge is -2.04. The van der Waals surface area contributed by atoms with E-state index in [4.69, 9.17) is 4.74 Å². The number of methoxy groups -OCH3 is 1. The molecule has 0 radical (unpaired) electrons. The molecule has 0 fully saturated rings. The molecule has 3 aromatic rings. The molecule has 0 spiro atoms. The monoisotopic (exact) mass is 300 g/mol. The largest absolute Gasteiger partial charge is 0.494 e. The third-order valence-corrected chi connectivity index (χ3v) is 3.19. The SMILES string of the molecule is COc1ccc(Cn2nnn(-c3ccccc3)c2=O)cc1F. The fraction of sp³-hybridized carbons (Fsp3) is 0.133. The summed E-state index contributed by atoms with van der Waals surface area (Å²) in [5, 5.41) is 7.66. The number of benzene rings is 2. The third-order valence-electron chi connectivity index (χ3n) is 3.19. The van der Waals surface area contributed by atoms with Crippen LogP contribution < -0.4 is 10.4 Å². The third kappa shape index (κ3) is 2.60. The van der Waals surface area contributed by atoms with Gasteiger partial charge >= 0.3 is 5.69 Å². The summed E-state index contributed by atoms with van der Waals surface area (Å²) < 4.78 is 20.9. The predicted octanol–water partition coefficient (Wildman–Crippen LogP) is 1.62. The average molecular weight is 300 g/mol. The number of hydrogen-bond acceptors (Lipinski definition) is 4. The molecule has 0 aliphatic heterocycles. The Morgan fingerprint density at radius 3 is 2.59 bits per heavy atom. The number of rotatable bonds is 4. The Morgan fingerprint density at radius 2 is 1.91 bits per heavy atom. The fourth-order valence-electron chi connectivity index (χ4n) is 2.09. The Morgan fingerprint density at radius 1 is 1.14 bits per heavy atom. The highest BCUT2D eigenvalue weighted by molar-refractivity contribution is 5.30. The van der Waals surface area contributed by atoms with Crippen LogP contribution in [0.5, 0.6) is 5.75 Å². The van der Waals surface area contributed by atoms with Crippen LogP contribution in [0.1, 0.15) is 5.56 Å². The average Bonchev–Trinajstić information content (AvgIpc) is 2.89. The highest BCUT2D eigenvalue weighted by Crippen LogP contribution is 2.17. The molecule has 6 nitrogen and oxygen atoms in total. The maximum atomic E-state index is 13.7. The summed E-state index contributed by atoms with van der Waals surface area (Å²) in [7, 11) is 1.40. The van der Waals surface area contributed by atoms with Crippen molar-refractivity contribution in [3.63, 3.8) is 0 Å². The van der Waals surface area contributed by atoms with Gasteiger partial charge in [-0.2, -0.15) is 9.36 Å². The van der Waals surface area contributed by atoms with Crippen LogP contribution in [-0.4, -0.2) is 26.9 Å². The van der Waals surface area contributed by atoms with Crippen molar-refractivity contribution in [2.45, 2.75) is 6.54 Å². The molecule has 0 unspecified atom stereocenters. The van der Waals surface area contributed by atoms with Crippen molar-refractivity contribution in [2.24, 2.45) is 0 Å². The first-order valence-corrected chi connectivity index (χ1v) is 6.59. The van der Waals surface area contributed by atoms with Crippen LogP contribution in [0, 0.1) is 5.82 Å². The van der Waals surface area contributed by atoms with Crippen LogP contribution in [0.2, 0.25) is 0 Å². The molecule has 0 saturated heterocycles. The highest BCUT2D eigenvalue weighted by atomic mass is 19.1. The second kappa shape index (κ2) is 5.80. The summed E-state index contributed by atoms with van der Waals surface area (Å²) in [6.07, 6.45) is 0. The molecule has 0 aliphatic rings. The van der Waals surface area contributed by atoms with Gasteiger partial charge in [-0.1, -0.05) is 24.3 Å². The number of ether oxygens (including phenoxy) is 1. The van der Waals surface area contributed by atoms with E-state index in [9.17, 15) is 9.18 Å². The van der Waals surface area contributed by atoms with Crippen LogP contribution in [0.25, 0.3) is 5.69 Å².